The van der Waals surface area contributed by atoms with Crippen molar-refractivity contribution in [2.24, 2.45) is 5.92 Å². The van der Waals surface area contributed by atoms with Crippen molar-refractivity contribution in [2.45, 2.75) is 136 Å². The highest BCUT2D eigenvalue weighted by atomic mass is 31.0. The van der Waals surface area contributed by atoms with Gasteiger partial charge in [-0.15, -0.1) is 9.24 Å². The van der Waals surface area contributed by atoms with Crippen LogP contribution in [0.15, 0.2) is 0 Å². The van der Waals surface area contributed by atoms with E-state index in [1.807, 2.05) is 0 Å². The van der Waals surface area contributed by atoms with Crippen LogP contribution in [0.4, 0.5) is 0 Å². The highest BCUT2D eigenvalue weighted by molar-refractivity contribution is 7.19. The van der Waals surface area contributed by atoms with Crippen molar-refractivity contribution in [1.82, 2.24) is 0 Å². The van der Waals surface area contributed by atoms with Gasteiger partial charge in [0.05, 0.1) is 0 Å². The van der Waals surface area contributed by atoms with Gasteiger partial charge >= 0.3 is 0 Å². The summed E-state index contributed by atoms with van der Waals surface area (Å²) in [5.41, 5.74) is 0. The molecule has 1 heteroatoms. The molecular weight excluding hydrogens is 295 g/mol. The van der Waals surface area contributed by atoms with Crippen LogP contribution in [0.3, 0.4) is 0 Å². The molecule has 0 radical (unpaired) electrons. The smallest absolute Gasteiger partial charge is 0.0122 e. The first-order chi connectivity index (χ1) is 11.1. The van der Waals surface area contributed by atoms with Crippen molar-refractivity contribution in [3.05, 3.63) is 0 Å². The zero-order chi connectivity index (χ0) is 17.4. The first-order valence-corrected chi connectivity index (χ1v) is 11.5. The van der Waals surface area contributed by atoms with E-state index in [1.165, 1.54) is 103 Å². The summed E-state index contributed by atoms with van der Waals surface area (Å²) in [4.78, 5) is 0. The van der Waals surface area contributed by atoms with E-state index in [1.54, 1.807) is 0 Å². The van der Waals surface area contributed by atoms with Crippen LogP contribution in [0.2, 0.25) is 0 Å². The number of hydrogen-bond donors (Lipinski definition) is 0. The van der Waals surface area contributed by atoms with E-state index in [2.05, 4.69) is 36.9 Å². The third kappa shape index (κ3) is 11.6. The van der Waals surface area contributed by atoms with Gasteiger partial charge in [-0.25, -0.2) is 0 Å². The third-order valence-corrected chi connectivity index (χ3v) is 6.67. The van der Waals surface area contributed by atoms with Crippen LogP contribution in [0.5, 0.6) is 0 Å². The van der Waals surface area contributed by atoms with Crippen LogP contribution in [-0.2, 0) is 0 Å². The van der Waals surface area contributed by atoms with E-state index in [4.69, 9.17) is 0 Å². The molecule has 0 bridgehead atoms. The highest BCUT2D eigenvalue weighted by Crippen LogP contribution is 2.43. The van der Waals surface area contributed by atoms with Crippen LogP contribution in [0.25, 0.3) is 0 Å². The van der Waals surface area contributed by atoms with Gasteiger partial charge < -0.3 is 0 Å². The lowest BCUT2D eigenvalue weighted by Crippen LogP contribution is -2.32. The summed E-state index contributed by atoms with van der Waals surface area (Å²) in [6.07, 6.45) is 22.7. The molecule has 0 N–H and O–H groups in total. The first-order valence-electron chi connectivity index (χ1n) is 10.9. The molecule has 0 saturated heterocycles. The van der Waals surface area contributed by atoms with E-state index < -0.39 is 0 Å². The highest BCUT2D eigenvalue weighted by Gasteiger charge is 2.32. The van der Waals surface area contributed by atoms with Gasteiger partial charge in [-0.1, -0.05) is 105 Å². The average molecular weight is 343 g/mol. The molecule has 0 aliphatic carbocycles. The molecule has 0 aliphatic rings. The summed E-state index contributed by atoms with van der Waals surface area (Å²) in [5, 5.41) is 0.532. The summed E-state index contributed by atoms with van der Waals surface area (Å²) in [6.45, 7) is 9.36. The van der Waals surface area contributed by atoms with Crippen LogP contribution >= 0.6 is 9.24 Å². The van der Waals surface area contributed by atoms with Gasteiger partial charge in [-0.3, -0.25) is 0 Å². The minimum Gasteiger partial charge on any atom is -0.131 e. The standard InChI is InChI=1S/C22H47P/c1-5-9-13-14-15-16-18-21(17-10-6-2)22(23,19-11-7-3)20-12-8-4/h21H,5-20,23H2,1-4H3. The minimum absolute atomic E-state index is 0.532. The molecular formula is C22H47P. The molecule has 0 saturated carbocycles. The SMILES string of the molecule is CCCCCCCCC(CCCC)C(P)(CCCC)CCCC. The molecule has 2 unspecified atom stereocenters. The van der Waals surface area contributed by atoms with Gasteiger partial charge in [0.1, 0.15) is 0 Å². The van der Waals surface area contributed by atoms with E-state index in [0.29, 0.717) is 5.16 Å². The van der Waals surface area contributed by atoms with Crippen LogP contribution < -0.4 is 0 Å². The van der Waals surface area contributed by atoms with Crippen molar-refractivity contribution >= 4 is 9.24 Å². The van der Waals surface area contributed by atoms with Crippen LogP contribution in [0, 0.1) is 5.92 Å². The maximum absolute atomic E-state index is 3.37. The summed E-state index contributed by atoms with van der Waals surface area (Å²) < 4.78 is 0. The molecule has 0 spiro atoms. The Morgan fingerprint density at radius 2 is 1.00 bits per heavy atom. The molecule has 0 heterocycles. The lowest BCUT2D eigenvalue weighted by atomic mass is 9.77. The van der Waals surface area contributed by atoms with E-state index in [-0.39, 0.29) is 0 Å². The number of unbranched alkanes of at least 4 members (excludes halogenated alkanes) is 8. The zero-order valence-corrected chi connectivity index (χ0v) is 18.1. The Morgan fingerprint density at radius 1 is 0.565 bits per heavy atom. The summed E-state index contributed by atoms with van der Waals surface area (Å²) in [7, 11) is 3.37. The molecule has 0 fully saturated rings. The molecule has 140 valence electrons. The molecule has 0 aromatic heterocycles. The Balaban J connectivity index is 4.50. The molecule has 0 aliphatic heterocycles. The topological polar surface area (TPSA) is 0 Å². The van der Waals surface area contributed by atoms with Crippen molar-refractivity contribution in [3.8, 4) is 0 Å². The van der Waals surface area contributed by atoms with Crippen molar-refractivity contribution in [2.75, 3.05) is 0 Å². The molecule has 23 heavy (non-hydrogen) atoms. The van der Waals surface area contributed by atoms with Gasteiger partial charge in [-0.05, 0) is 36.8 Å². The molecule has 0 rings (SSSR count). The average Bonchev–Trinajstić information content (AvgIpc) is 2.56. The minimum atomic E-state index is 0.532. The van der Waals surface area contributed by atoms with Gasteiger partial charge in [-0.2, -0.15) is 0 Å². The van der Waals surface area contributed by atoms with Gasteiger partial charge in [0.25, 0.3) is 0 Å². The van der Waals surface area contributed by atoms with Gasteiger partial charge in [0.2, 0.25) is 0 Å². The van der Waals surface area contributed by atoms with E-state index in [0.717, 1.165) is 5.92 Å². The first kappa shape index (κ1) is 23.4. The second-order valence-corrected chi connectivity index (χ2v) is 8.99. The fraction of sp³-hybridized carbons (Fsp3) is 1.00. The second-order valence-electron chi connectivity index (χ2n) is 7.84. The van der Waals surface area contributed by atoms with Gasteiger partial charge in [0, 0.05) is 0 Å². The normalized spacial score (nSPS) is 13.4. The number of hydrogen-bond acceptors (Lipinski definition) is 0. The lowest BCUT2D eigenvalue weighted by molar-refractivity contribution is 0.274. The zero-order valence-electron chi connectivity index (χ0n) is 17.0. The largest absolute Gasteiger partial charge is 0.131 e. The maximum Gasteiger partial charge on any atom is -0.0122 e. The lowest BCUT2D eigenvalue weighted by Gasteiger charge is -2.39. The Hall–Kier alpha value is 0.430. The molecule has 0 aromatic carbocycles. The quantitative estimate of drug-likeness (QED) is 0.183. The summed E-state index contributed by atoms with van der Waals surface area (Å²) in [6, 6.07) is 0. The number of rotatable bonds is 17. The predicted molar refractivity (Wildman–Crippen MR) is 112 cm³/mol. The predicted octanol–water partition coefficient (Wildman–Crippen LogP) is 8.54. The fourth-order valence-electron chi connectivity index (χ4n) is 3.89. The van der Waals surface area contributed by atoms with E-state index >= 15 is 0 Å². The van der Waals surface area contributed by atoms with Crippen molar-refractivity contribution in [3.63, 3.8) is 0 Å². The third-order valence-electron chi connectivity index (χ3n) is 5.62. The van der Waals surface area contributed by atoms with Crippen molar-refractivity contribution in [1.29, 1.82) is 0 Å². The Bertz CT molecular complexity index is 228. The molecule has 2 atom stereocenters. The summed E-state index contributed by atoms with van der Waals surface area (Å²) >= 11 is 0. The van der Waals surface area contributed by atoms with Crippen LogP contribution in [-0.4, -0.2) is 5.16 Å². The fourth-order valence-corrected chi connectivity index (χ4v) is 4.63. The van der Waals surface area contributed by atoms with E-state index in [9.17, 15) is 0 Å². The maximum atomic E-state index is 3.37. The Kier molecular flexibility index (Phi) is 16.2. The van der Waals surface area contributed by atoms with Gasteiger partial charge in [0.15, 0.2) is 0 Å². The second kappa shape index (κ2) is 15.9. The monoisotopic (exact) mass is 342 g/mol. The van der Waals surface area contributed by atoms with Crippen LogP contribution in [0.1, 0.15) is 130 Å². The van der Waals surface area contributed by atoms with Crippen molar-refractivity contribution < 1.29 is 0 Å². The molecule has 0 nitrogen and oxygen atoms in total. The Labute approximate surface area is 151 Å². The molecule has 0 amide bonds. The summed E-state index contributed by atoms with van der Waals surface area (Å²) in [5.74, 6) is 0.941. The molecule has 0 aromatic rings. The Morgan fingerprint density at radius 3 is 1.52 bits per heavy atom.